The van der Waals surface area contributed by atoms with Gasteiger partial charge in [0, 0.05) is 10.5 Å². The van der Waals surface area contributed by atoms with E-state index in [1.807, 2.05) is 0 Å². The molecule has 0 spiro atoms. The van der Waals surface area contributed by atoms with E-state index in [1.54, 1.807) is 0 Å². The van der Waals surface area contributed by atoms with Gasteiger partial charge in [0.15, 0.2) is 0 Å². The van der Waals surface area contributed by atoms with Gasteiger partial charge in [-0.1, -0.05) is 48.0 Å². The second-order valence-electron chi connectivity index (χ2n) is 4.75. The van der Waals surface area contributed by atoms with Crippen LogP contribution in [0.3, 0.4) is 0 Å². The zero-order valence-electron chi connectivity index (χ0n) is 10.5. The summed E-state index contributed by atoms with van der Waals surface area (Å²) in [5.41, 5.74) is 1.41. The molecule has 0 aliphatic carbocycles. The lowest BCUT2D eigenvalue weighted by Crippen LogP contribution is -2.27. The van der Waals surface area contributed by atoms with Crippen molar-refractivity contribution in [2.45, 2.75) is 39.2 Å². The van der Waals surface area contributed by atoms with Crippen molar-refractivity contribution in [3.63, 3.8) is 0 Å². The Labute approximate surface area is 108 Å². The molecule has 1 N–H and O–H groups in total. The van der Waals surface area contributed by atoms with Gasteiger partial charge in [0.05, 0.1) is 0 Å². The van der Waals surface area contributed by atoms with Crippen LogP contribution in [0, 0.1) is 5.92 Å². The van der Waals surface area contributed by atoms with E-state index in [-0.39, 0.29) is 0 Å². The molecule has 0 saturated carbocycles. The summed E-state index contributed by atoms with van der Waals surface area (Å²) in [5.74, 6) is 0.761. The smallest absolute Gasteiger partial charge is 0.0207 e. The number of hydrogen-bond donors (Lipinski definition) is 1. The second kappa shape index (κ2) is 7.08. The quantitative estimate of drug-likeness (QED) is 0.832. The molecule has 0 radical (unpaired) electrons. The highest BCUT2D eigenvalue weighted by atomic mass is 79.9. The molecule has 1 aromatic rings. The predicted octanol–water partition coefficient (Wildman–Crippen LogP) is 4.02. The van der Waals surface area contributed by atoms with Gasteiger partial charge in [-0.2, -0.15) is 0 Å². The summed E-state index contributed by atoms with van der Waals surface area (Å²) in [6.45, 7) is 4.56. The van der Waals surface area contributed by atoms with Crippen molar-refractivity contribution in [2.75, 3.05) is 7.05 Å². The Kier molecular flexibility index (Phi) is 6.07. The van der Waals surface area contributed by atoms with Gasteiger partial charge in [0.2, 0.25) is 0 Å². The average molecular weight is 284 g/mol. The first-order valence-electron chi connectivity index (χ1n) is 6.04. The number of hydrogen-bond acceptors (Lipinski definition) is 1. The summed E-state index contributed by atoms with van der Waals surface area (Å²) in [4.78, 5) is 0. The number of nitrogens with one attached hydrogen (secondary N) is 1. The average Bonchev–Trinajstić information content (AvgIpc) is 2.25. The van der Waals surface area contributed by atoms with E-state index in [0.29, 0.717) is 6.04 Å². The fraction of sp³-hybridized carbons (Fsp3) is 0.571. The van der Waals surface area contributed by atoms with E-state index in [0.717, 1.165) is 12.3 Å². The highest BCUT2D eigenvalue weighted by Gasteiger charge is 2.09. The molecular weight excluding hydrogens is 262 g/mol. The summed E-state index contributed by atoms with van der Waals surface area (Å²) < 4.78 is 1.23. The summed E-state index contributed by atoms with van der Waals surface area (Å²) in [7, 11) is 2.06. The van der Waals surface area contributed by atoms with E-state index in [2.05, 4.69) is 66.4 Å². The molecule has 0 saturated heterocycles. The minimum Gasteiger partial charge on any atom is -0.317 e. The fourth-order valence-corrected chi connectivity index (χ4v) is 2.46. The Morgan fingerprint density at radius 3 is 2.50 bits per heavy atom. The molecule has 1 rings (SSSR count). The molecule has 0 heterocycles. The maximum absolute atomic E-state index is 3.60. The molecule has 0 aliphatic heterocycles. The van der Waals surface area contributed by atoms with Crippen LogP contribution in [-0.2, 0) is 6.42 Å². The van der Waals surface area contributed by atoms with Crippen molar-refractivity contribution < 1.29 is 0 Å². The van der Waals surface area contributed by atoms with Crippen LogP contribution in [0.15, 0.2) is 28.7 Å². The summed E-state index contributed by atoms with van der Waals surface area (Å²) in [6, 6.07) is 9.12. The molecule has 1 nitrogen and oxygen atoms in total. The van der Waals surface area contributed by atoms with Gasteiger partial charge in [-0.25, -0.2) is 0 Å². The fourth-order valence-electron chi connectivity index (χ4n) is 1.98. The Morgan fingerprint density at radius 2 is 1.94 bits per heavy atom. The van der Waals surface area contributed by atoms with Gasteiger partial charge >= 0.3 is 0 Å². The van der Waals surface area contributed by atoms with Gasteiger partial charge in [-0.05, 0) is 43.9 Å². The van der Waals surface area contributed by atoms with Gasteiger partial charge < -0.3 is 5.32 Å². The monoisotopic (exact) mass is 283 g/mol. The maximum Gasteiger partial charge on any atom is 0.0207 e. The van der Waals surface area contributed by atoms with Crippen LogP contribution in [0.5, 0.6) is 0 Å². The molecule has 1 unspecified atom stereocenters. The Bertz CT molecular complexity index is 309. The third kappa shape index (κ3) is 4.67. The SMILES string of the molecule is CNC(CCc1ccccc1Br)CC(C)C. The molecular formula is C14H22BrN. The predicted molar refractivity (Wildman–Crippen MR) is 74.8 cm³/mol. The Morgan fingerprint density at radius 1 is 1.25 bits per heavy atom. The molecule has 1 atom stereocenters. The van der Waals surface area contributed by atoms with E-state index in [9.17, 15) is 0 Å². The molecule has 0 fully saturated rings. The van der Waals surface area contributed by atoms with Crippen LogP contribution in [0.4, 0.5) is 0 Å². The third-order valence-electron chi connectivity index (χ3n) is 2.88. The minimum atomic E-state index is 0.632. The van der Waals surface area contributed by atoms with E-state index in [1.165, 1.54) is 22.9 Å². The molecule has 0 aliphatic rings. The number of aryl methyl sites for hydroxylation is 1. The lowest BCUT2D eigenvalue weighted by molar-refractivity contribution is 0.421. The molecule has 2 heteroatoms. The van der Waals surface area contributed by atoms with Gasteiger partial charge in [-0.3, -0.25) is 0 Å². The first-order chi connectivity index (χ1) is 7.63. The molecule has 0 amide bonds. The normalized spacial score (nSPS) is 13.1. The van der Waals surface area contributed by atoms with Crippen molar-refractivity contribution in [2.24, 2.45) is 5.92 Å². The van der Waals surface area contributed by atoms with E-state index in [4.69, 9.17) is 0 Å². The van der Waals surface area contributed by atoms with E-state index < -0.39 is 0 Å². The summed E-state index contributed by atoms with van der Waals surface area (Å²) >= 11 is 3.60. The lowest BCUT2D eigenvalue weighted by Gasteiger charge is -2.18. The highest BCUT2D eigenvalue weighted by molar-refractivity contribution is 9.10. The van der Waals surface area contributed by atoms with Crippen LogP contribution in [0.25, 0.3) is 0 Å². The van der Waals surface area contributed by atoms with Crippen molar-refractivity contribution in [3.05, 3.63) is 34.3 Å². The Balaban J connectivity index is 2.46. The van der Waals surface area contributed by atoms with Gasteiger partial charge in [-0.15, -0.1) is 0 Å². The zero-order valence-corrected chi connectivity index (χ0v) is 12.0. The van der Waals surface area contributed by atoms with Crippen molar-refractivity contribution in [1.29, 1.82) is 0 Å². The van der Waals surface area contributed by atoms with Crippen molar-refractivity contribution >= 4 is 15.9 Å². The van der Waals surface area contributed by atoms with Crippen molar-refractivity contribution in [1.82, 2.24) is 5.32 Å². The second-order valence-corrected chi connectivity index (χ2v) is 5.60. The molecule has 0 aromatic heterocycles. The molecule has 0 bridgehead atoms. The number of rotatable bonds is 6. The van der Waals surface area contributed by atoms with Gasteiger partial charge in [0.25, 0.3) is 0 Å². The minimum absolute atomic E-state index is 0.632. The van der Waals surface area contributed by atoms with E-state index >= 15 is 0 Å². The Hall–Kier alpha value is -0.340. The number of halogens is 1. The zero-order chi connectivity index (χ0) is 12.0. The largest absolute Gasteiger partial charge is 0.317 e. The molecule has 16 heavy (non-hydrogen) atoms. The number of benzene rings is 1. The highest BCUT2D eigenvalue weighted by Crippen LogP contribution is 2.19. The molecule has 1 aromatic carbocycles. The van der Waals surface area contributed by atoms with Crippen LogP contribution < -0.4 is 5.32 Å². The van der Waals surface area contributed by atoms with Crippen LogP contribution in [0.2, 0.25) is 0 Å². The maximum atomic E-state index is 3.60. The summed E-state index contributed by atoms with van der Waals surface area (Å²) in [5, 5.41) is 3.41. The van der Waals surface area contributed by atoms with Crippen molar-refractivity contribution in [3.8, 4) is 0 Å². The topological polar surface area (TPSA) is 12.0 Å². The van der Waals surface area contributed by atoms with Crippen LogP contribution >= 0.6 is 15.9 Å². The van der Waals surface area contributed by atoms with Gasteiger partial charge in [0.1, 0.15) is 0 Å². The summed E-state index contributed by atoms with van der Waals surface area (Å²) in [6.07, 6.45) is 3.60. The molecule has 90 valence electrons. The first kappa shape index (κ1) is 13.7. The van der Waals surface area contributed by atoms with Crippen LogP contribution in [0.1, 0.15) is 32.3 Å². The first-order valence-corrected chi connectivity index (χ1v) is 6.83. The third-order valence-corrected chi connectivity index (χ3v) is 3.66. The standard InChI is InChI=1S/C14H22BrN/c1-11(2)10-13(16-3)9-8-12-6-4-5-7-14(12)15/h4-7,11,13,16H,8-10H2,1-3H3. The lowest BCUT2D eigenvalue weighted by atomic mass is 9.97. The van der Waals surface area contributed by atoms with Crippen LogP contribution in [-0.4, -0.2) is 13.1 Å².